The average Bonchev–Trinajstić information content (AvgIpc) is 2.18. The highest BCUT2D eigenvalue weighted by molar-refractivity contribution is 5.66. The van der Waals surface area contributed by atoms with Gasteiger partial charge >= 0.3 is 5.97 Å². The Morgan fingerprint density at radius 2 is 1.94 bits per heavy atom. The van der Waals surface area contributed by atoms with Crippen molar-refractivity contribution < 1.29 is 9.90 Å². The summed E-state index contributed by atoms with van der Waals surface area (Å²) in [6, 6.07) is 8.71. The zero-order valence-corrected chi connectivity index (χ0v) is 9.65. The van der Waals surface area contributed by atoms with Crippen molar-refractivity contribution in [1.82, 2.24) is 0 Å². The van der Waals surface area contributed by atoms with Crippen molar-refractivity contribution in [2.75, 3.05) is 0 Å². The molecule has 0 saturated heterocycles. The molecule has 86 valence electrons. The summed E-state index contributed by atoms with van der Waals surface area (Å²) in [7, 11) is 0. The normalized spacial score (nSPS) is 23.8. The second-order valence-corrected chi connectivity index (χ2v) is 4.88. The van der Waals surface area contributed by atoms with Crippen molar-refractivity contribution in [3.63, 3.8) is 0 Å². The molecule has 1 aromatic carbocycles. The van der Waals surface area contributed by atoms with Gasteiger partial charge in [-0.15, -0.1) is 0 Å². The first-order valence-electron chi connectivity index (χ1n) is 5.93. The van der Waals surface area contributed by atoms with Gasteiger partial charge in [0.2, 0.25) is 0 Å². The maximum absolute atomic E-state index is 10.4. The molecule has 0 bridgehead atoms. The topological polar surface area (TPSA) is 37.3 Å². The lowest BCUT2D eigenvalue weighted by Gasteiger charge is -2.35. The van der Waals surface area contributed by atoms with Gasteiger partial charge in [0.15, 0.2) is 0 Å². The number of benzene rings is 1. The number of carbonyl (C=O) groups is 1. The van der Waals surface area contributed by atoms with Crippen LogP contribution in [0.5, 0.6) is 0 Å². The Morgan fingerprint density at radius 1 is 1.31 bits per heavy atom. The van der Waals surface area contributed by atoms with E-state index < -0.39 is 5.97 Å². The Hall–Kier alpha value is -1.31. The molecule has 1 aliphatic carbocycles. The van der Waals surface area contributed by atoms with Crippen LogP contribution in [-0.2, 0) is 4.79 Å². The summed E-state index contributed by atoms with van der Waals surface area (Å²) in [4.78, 5) is 10.4. The van der Waals surface area contributed by atoms with Gasteiger partial charge in [0.25, 0.3) is 0 Å². The molecule has 0 radical (unpaired) electrons. The van der Waals surface area contributed by atoms with Gasteiger partial charge in [0, 0.05) is 6.42 Å². The van der Waals surface area contributed by atoms with Gasteiger partial charge in [-0.25, -0.2) is 0 Å². The summed E-state index contributed by atoms with van der Waals surface area (Å²) in [6.45, 7) is 2.10. The summed E-state index contributed by atoms with van der Waals surface area (Å²) in [5.74, 6) is 0.626. The maximum Gasteiger partial charge on any atom is 0.303 e. The average molecular weight is 218 g/mol. The molecule has 0 amide bonds. The summed E-state index contributed by atoms with van der Waals surface area (Å²) in [5, 5.41) is 8.60. The first-order chi connectivity index (χ1) is 7.65. The highest BCUT2D eigenvalue weighted by Gasteiger charge is 2.30. The van der Waals surface area contributed by atoms with Crippen molar-refractivity contribution >= 4 is 5.97 Å². The number of aryl methyl sites for hydroxylation is 1. The van der Waals surface area contributed by atoms with Crippen molar-refractivity contribution in [2.24, 2.45) is 5.92 Å². The minimum absolute atomic E-state index is 0.325. The van der Waals surface area contributed by atoms with E-state index in [0.29, 0.717) is 18.3 Å². The molecule has 0 atom stereocenters. The molecule has 1 aliphatic rings. The number of hydrogen-bond acceptors (Lipinski definition) is 1. The van der Waals surface area contributed by atoms with Crippen molar-refractivity contribution in [2.45, 2.75) is 38.5 Å². The minimum Gasteiger partial charge on any atom is -0.481 e. The van der Waals surface area contributed by atoms with Crippen LogP contribution in [0, 0.1) is 12.8 Å². The molecule has 1 aromatic rings. The smallest absolute Gasteiger partial charge is 0.303 e. The lowest BCUT2D eigenvalue weighted by molar-refractivity contribution is -0.137. The molecule has 2 heteroatoms. The van der Waals surface area contributed by atoms with Gasteiger partial charge in [-0.1, -0.05) is 29.8 Å². The molecule has 0 unspecified atom stereocenters. The van der Waals surface area contributed by atoms with Gasteiger partial charge in [-0.3, -0.25) is 4.79 Å². The fraction of sp³-hybridized carbons (Fsp3) is 0.500. The fourth-order valence-corrected chi connectivity index (χ4v) is 2.41. The van der Waals surface area contributed by atoms with Crippen LogP contribution in [0.4, 0.5) is 0 Å². The van der Waals surface area contributed by atoms with Gasteiger partial charge in [0.05, 0.1) is 0 Å². The lowest BCUT2D eigenvalue weighted by Crippen LogP contribution is -2.22. The van der Waals surface area contributed by atoms with Crippen LogP contribution in [0.15, 0.2) is 24.3 Å². The summed E-state index contributed by atoms with van der Waals surface area (Å²) in [5.41, 5.74) is 2.71. The molecule has 0 spiro atoms. The largest absolute Gasteiger partial charge is 0.481 e. The monoisotopic (exact) mass is 218 g/mol. The number of hydrogen-bond donors (Lipinski definition) is 1. The Morgan fingerprint density at radius 3 is 2.50 bits per heavy atom. The van der Waals surface area contributed by atoms with E-state index in [1.165, 1.54) is 11.1 Å². The van der Waals surface area contributed by atoms with E-state index in [-0.39, 0.29) is 0 Å². The molecule has 0 aromatic heterocycles. The van der Waals surface area contributed by atoms with Crippen LogP contribution in [0.25, 0.3) is 0 Å². The van der Waals surface area contributed by atoms with Gasteiger partial charge < -0.3 is 5.11 Å². The molecule has 0 aliphatic heterocycles. The Balaban J connectivity index is 1.79. The van der Waals surface area contributed by atoms with E-state index in [2.05, 4.69) is 31.2 Å². The third kappa shape index (κ3) is 2.63. The van der Waals surface area contributed by atoms with Crippen LogP contribution in [0.1, 0.15) is 42.7 Å². The van der Waals surface area contributed by atoms with Gasteiger partial charge in [-0.2, -0.15) is 0 Å². The van der Waals surface area contributed by atoms with Crippen LogP contribution in [0.2, 0.25) is 0 Å². The van der Waals surface area contributed by atoms with Crippen molar-refractivity contribution in [3.05, 3.63) is 35.4 Å². The van der Waals surface area contributed by atoms with Crippen LogP contribution in [0.3, 0.4) is 0 Å². The lowest BCUT2D eigenvalue weighted by atomic mass is 9.69. The standard InChI is InChI=1S/C14H18O2/c1-10-2-5-12(6-3-10)13-8-11(9-13)4-7-14(15)16/h2-3,5-6,11,13H,4,7-9H2,1H3,(H,15,16). The fourth-order valence-electron chi connectivity index (χ4n) is 2.41. The molecule has 1 N–H and O–H groups in total. The predicted octanol–water partition coefficient (Wildman–Crippen LogP) is 3.35. The number of carboxylic acids is 1. The summed E-state index contributed by atoms with van der Waals surface area (Å²) >= 11 is 0. The van der Waals surface area contributed by atoms with E-state index >= 15 is 0 Å². The third-order valence-electron chi connectivity index (χ3n) is 3.55. The van der Waals surface area contributed by atoms with Crippen LogP contribution >= 0.6 is 0 Å². The summed E-state index contributed by atoms with van der Waals surface area (Å²) in [6.07, 6.45) is 3.50. The second kappa shape index (κ2) is 4.69. The molecule has 2 nitrogen and oxygen atoms in total. The number of carboxylic acid groups (broad SMARTS) is 1. The van der Waals surface area contributed by atoms with E-state index in [0.717, 1.165) is 19.3 Å². The highest BCUT2D eigenvalue weighted by atomic mass is 16.4. The number of rotatable bonds is 4. The maximum atomic E-state index is 10.4. The molecular formula is C14H18O2. The van der Waals surface area contributed by atoms with E-state index in [1.807, 2.05) is 0 Å². The zero-order valence-electron chi connectivity index (χ0n) is 9.65. The first kappa shape index (κ1) is 11.2. The van der Waals surface area contributed by atoms with Crippen molar-refractivity contribution in [1.29, 1.82) is 0 Å². The highest BCUT2D eigenvalue weighted by Crippen LogP contribution is 2.43. The Labute approximate surface area is 96.3 Å². The van der Waals surface area contributed by atoms with E-state index in [4.69, 9.17) is 5.11 Å². The van der Waals surface area contributed by atoms with Crippen molar-refractivity contribution in [3.8, 4) is 0 Å². The quantitative estimate of drug-likeness (QED) is 0.841. The number of aliphatic carboxylic acids is 1. The Kier molecular flexibility index (Phi) is 3.28. The Bertz CT molecular complexity index is 361. The van der Waals surface area contributed by atoms with Crippen LogP contribution in [-0.4, -0.2) is 11.1 Å². The van der Waals surface area contributed by atoms with Gasteiger partial charge in [0.1, 0.15) is 0 Å². The van der Waals surface area contributed by atoms with Crippen LogP contribution < -0.4 is 0 Å². The molecule has 0 heterocycles. The predicted molar refractivity (Wildman–Crippen MR) is 63.5 cm³/mol. The third-order valence-corrected chi connectivity index (χ3v) is 3.55. The van der Waals surface area contributed by atoms with Gasteiger partial charge in [-0.05, 0) is 43.6 Å². The van der Waals surface area contributed by atoms with E-state index in [1.54, 1.807) is 0 Å². The SMILES string of the molecule is Cc1ccc(C2CC(CCC(=O)O)C2)cc1. The van der Waals surface area contributed by atoms with E-state index in [9.17, 15) is 4.79 Å². The first-order valence-corrected chi connectivity index (χ1v) is 5.93. The minimum atomic E-state index is -0.668. The molecule has 2 rings (SSSR count). The molecular weight excluding hydrogens is 200 g/mol. The molecule has 1 fully saturated rings. The molecule has 1 saturated carbocycles. The zero-order chi connectivity index (χ0) is 11.5. The summed E-state index contributed by atoms with van der Waals surface area (Å²) < 4.78 is 0. The molecule has 16 heavy (non-hydrogen) atoms. The second-order valence-electron chi connectivity index (χ2n) is 4.88.